The lowest BCUT2D eigenvalue weighted by Crippen LogP contribution is -1.73. The number of rotatable bonds is 2. The fourth-order valence-electron chi connectivity index (χ4n) is 2.84. The summed E-state index contributed by atoms with van der Waals surface area (Å²) in [5.74, 6) is 0. The molecule has 20 heavy (non-hydrogen) atoms. The first-order valence-corrected chi connectivity index (χ1v) is 7.35. The molecule has 0 aliphatic heterocycles. The number of thiophene rings is 1. The Kier molecular flexibility index (Phi) is 2.35. The molecule has 0 saturated carbocycles. The van der Waals surface area contributed by atoms with Gasteiger partial charge in [0.15, 0.2) is 0 Å². The molecule has 96 valence electrons. The van der Waals surface area contributed by atoms with E-state index in [1.807, 2.05) is 12.2 Å². The van der Waals surface area contributed by atoms with E-state index in [2.05, 4.69) is 54.5 Å². The average Bonchev–Trinajstić information content (AvgIpc) is 3.01. The van der Waals surface area contributed by atoms with Crippen LogP contribution >= 0.6 is 11.3 Å². The molecule has 0 radical (unpaired) electrons. The second kappa shape index (κ2) is 4.09. The highest BCUT2D eigenvalue weighted by molar-refractivity contribution is 7.20. The molecule has 4 aromatic rings. The summed E-state index contributed by atoms with van der Waals surface area (Å²) in [4.78, 5) is 4.68. The van der Waals surface area contributed by atoms with Crippen LogP contribution in [-0.2, 0) is 0 Å². The number of nitrogens with one attached hydrogen (secondary N) is 1. The second-order valence-corrected chi connectivity index (χ2v) is 5.94. The van der Waals surface area contributed by atoms with Crippen molar-refractivity contribution in [3.63, 3.8) is 0 Å². The monoisotopic (exact) mass is 275 g/mol. The van der Waals surface area contributed by atoms with Crippen molar-refractivity contribution in [3.8, 4) is 0 Å². The number of fused-ring (bicyclic) bond motifs is 4. The van der Waals surface area contributed by atoms with Gasteiger partial charge in [-0.2, -0.15) is 0 Å². The smallest absolute Gasteiger partial charge is 0.0472 e. The zero-order valence-corrected chi connectivity index (χ0v) is 11.8. The van der Waals surface area contributed by atoms with Crippen LogP contribution < -0.4 is 0 Å². The van der Waals surface area contributed by atoms with Gasteiger partial charge in [0.2, 0.25) is 0 Å². The molecule has 0 bridgehead atoms. The molecule has 1 nitrogen and oxygen atoms in total. The molecule has 0 saturated heterocycles. The van der Waals surface area contributed by atoms with Gasteiger partial charge in [0.05, 0.1) is 0 Å². The minimum absolute atomic E-state index is 1.18. The van der Waals surface area contributed by atoms with E-state index in [9.17, 15) is 0 Å². The van der Waals surface area contributed by atoms with Gasteiger partial charge in [-0.25, -0.2) is 0 Å². The Morgan fingerprint density at radius 3 is 2.55 bits per heavy atom. The topological polar surface area (TPSA) is 15.8 Å². The highest BCUT2D eigenvalue weighted by Crippen LogP contribution is 2.37. The van der Waals surface area contributed by atoms with E-state index in [1.165, 1.54) is 42.3 Å². The van der Waals surface area contributed by atoms with Crippen LogP contribution in [0.3, 0.4) is 0 Å². The zero-order chi connectivity index (χ0) is 13.7. The summed E-state index contributed by atoms with van der Waals surface area (Å²) in [5.41, 5.74) is 3.54. The summed E-state index contributed by atoms with van der Waals surface area (Å²) in [6, 6.07) is 12.9. The molecule has 1 N–H and O–H groups in total. The first-order valence-electron chi connectivity index (χ1n) is 6.53. The molecular formula is C18H13NS. The molecular weight excluding hydrogens is 262 g/mol. The molecule has 0 atom stereocenters. The molecule has 2 aromatic heterocycles. The minimum atomic E-state index is 1.18. The lowest BCUT2D eigenvalue weighted by molar-refractivity contribution is 1.56. The van der Waals surface area contributed by atoms with Crippen molar-refractivity contribution in [2.45, 2.75) is 0 Å². The Labute approximate surface area is 120 Å². The summed E-state index contributed by atoms with van der Waals surface area (Å²) in [6.45, 7) is 7.83. The zero-order valence-electron chi connectivity index (χ0n) is 10.9. The Morgan fingerprint density at radius 1 is 0.900 bits per heavy atom. The summed E-state index contributed by atoms with van der Waals surface area (Å²) >= 11 is 1.77. The number of hydrogen-bond donors (Lipinski definition) is 1. The molecule has 0 aliphatic rings. The average molecular weight is 275 g/mol. The number of H-pyrrole nitrogens is 1. The minimum Gasteiger partial charge on any atom is -0.354 e. The summed E-state index contributed by atoms with van der Waals surface area (Å²) < 4.78 is 1.28. The van der Waals surface area contributed by atoms with Crippen molar-refractivity contribution in [2.75, 3.05) is 0 Å². The van der Waals surface area contributed by atoms with Gasteiger partial charge in [-0.3, -0.25) is 0 Å². The standard InChI is InChI=1S/C18H13NS/c1-3-11-14-9-16-13(10-18(14)20-17(11)4-2)12-7-5-6-8-15(12)19-16/h3-10,19H,1-2H2. The van der Waals surface area contributed by atoms with E-state index >= 15 is 0 Å². The maximum atomic E-state index is 3.93. The van der Waals surface area contributed by atoms with Crippen LogP contribution in [0.1, 0.15) is 10.4 Å². The molecule has 0 amide bonds. The summed E-state index contributed by atoms with van der Waals surface area (Å²) in [7, 11) is 0. The van der Waals surface area contributed by atoms with E-state index in [-0.39, 0.29) is 0 Å². The van der Waals surface area contributed by atoms with Gasteiger partial charge in [-0.15, -0.1) is 11.3 Å². The van der Waals surface area contributed by atoms with E-state index in [0.717, 1.165) is 0 Å². The first kappa shape index (κ1) is 11.5. The van der Waals surface area contributed by atoms with Crippen molar-refractivity contribution in [3.05, 3.63) is 60.0 Å². The van der Waals surface area contributed by atoms with Crippen molar-refractivity contribution in [1.82, 2.24) is 4.98 Å². The van der Waals surface area contributed by atoms with E-state index in [0.29, 0.717) is 0 Å². The number of aromatic nitrogens is 1. The molecule has 0 unspecified atom stereocenters. The fraction of sp³-hybridized carbons (Fsp3) is 0. The number of para-hydroxylation sites is 1. The van der Waals surface area contributed by atoms with Gasteiger partial charge in [-0.1, -0.05) is 43.5 Å². The predicted molar refractivity (Wildman–Crippen MR) is 91.4 cm³/mol. The maximum Gasteiger partial charge on any atom is 0.0472 e. The Morgan fingerprint density at radius 2 is 1.75 bits per heavy atom. The first-order chi connectivity index (χ1) is 9.81. The molecule has 2 heteroatoms. The Hall–Kier alpha value is -2.32. The van der Waals surface area contributed by atoms with Crippen molar-refractivity contribution < 1.29 is 0 Å². The number of aromatic amines is 1. The highest BCUT2D eigenvalue weighted by atomic mass is 32.1. The van der Waals surface area contributed by atoms with Gasteiger partial charge in [0.25, 0.3) is 0 Å². The molecule has 0 fully saturated rings. The highest BCUT2D eigenvalue weighted by Gasteiger charge is 2.11. The number of benzene rings is 2. The van der Waals surface area contributed by atoms with Crippen LogP contribution in [0.5, 0.6) is 0 Å². The molecule has 0 aliphatic carbocycles. The van der Waals surface area contributed by atoms with Crippen molar-refractivity contribution in [2.24, 2.45) is 0 Å². The van der Waals surface area contributed by atoms with Gasteiger partial charge < -0.3 is 4.98 Å². The Bertz CT molecular complexity index is 985. The summed E-state index contributed by atoms with van der Waals surface area (Å²) in [6.07, 6.45) is 3.83. The fourth-order valence-corrected chi connectivity index (χ4v) is 3.92. The van der Waals surface area contributed by atoms with E-state index in [1.54, 1.807) is 11.3 Å². The van der Waals surface area contributed by atoms with Gasteiger partial charge in [0.1, 0.15) is 0 Å². The molecule has 2 aromatic carbocycles. The predicted octanol–water partition coefficient (Wildman–Crippen LogP) is 5.82. The van der Waals surface area contributed by atoms with E-state index in [4.69, 9.17) is 0 Å². The van der Waals surface area contributed by atoms with Gasteiger partial charge >= 0.3 is 0 Å². The lowest BCUT2D eigenvalue weighted by Gasteiger charge is -1.95. The van der Waals surface area contributed by atoms with Crippen molar-refractivity contribution >= 4 is 55.4 Å². The van der Waals surface area contributed by atoms with Crippen LogP contribution in [0.15, 0.2) is 49.6 Å². The van der Waals surface area contributed by atoms with Crippen LogP contribution in [0, 0.1) is 0 Å². The van der Waals surface area contributed by atoms with Crippen LogP contribution in [0.2, 0.25) is 0 Å². The van der Waals surface area contributed by atoms with Crippen LogP contribution in [-0.4, -0.2) is 4.98 Å². The molecule has 2 heterocycles. The SMILES string of the molecule is C=Cc1sc2cc3c(cc2c1C=C)[nH]c1ccccc13. The third-order valence-electron chi connectivity index (χ3n) is 3.77. The second-order valence-electron chi connectivity index (χ2n) is 4.85. The maximum absolute atomic E-state index is 3.93. The van der Waals surface area contributed by atoms with Crippen LogP contribution in [0.25, 0.3) is 44.0 Å². The van der Waals surface area contributed by atoms with Crippen molar-refractivity contribution in [1.29, 1.82) is 0 Å². The normalized spacial score (nSPS) is 11.4. The largest absolute Gasteiger partial charge is 0.354 e. The quantitative estimate of drug-likeness (QED) is 0.474. The van der Waals surface area contributed by atoms with Crippen LogP contribution in [0.4, 0.5) is 0 Å². The van der Waals surface area contributed by atoms with Gasteiger partial charge in [-0.05, 0) is 23.8 Å². The van der Waals surface area contributed by atoms with E-state index < -0.39 is 0 Å². The van der Waals surface area contributed by atoms with Gasteiger partial charge in [0, 0.05) is 36.8 Å². The molecule has 0 spiro atoms. The number of hydrogen-bond acceptors (Lipinski definition) is 1. The summed E-state index contributed by atoms with van der Waals surface area (Å²) in [5, 5.41) is 3.80. The Balaban J connectivity index is 2.21. The third kappa shape index (κ3) is 1.43. The molecule has 4 rings (SSSR count). The lowest BCUT2D eigenvalue weighted by atomic mass is 10.1. The third-order valence-corrected chi connectivity index (χ3v) is 4.94.